The molecule has 2 aromatic carbocycles. The molecule has 1 aliphatic rings. The van der Waals surface area contributed by atoms with Crippen molar-refractivity contribution >= 4 is 11.6 Å². The van der Waals surface area contributed by atoms with Crippen molar-refractivity contribution in [3.63, 3.8) is 0 Å². The number of methoxy groups -OCH3 is 2. The highest BCUT2D eigenvalue weighted by molar-refractivity contribution is 5.93. The summed E-state index contributed by atoms with van der Waals surface area (Å²) in [5.74, 6) is 2.23. The van der Waals surface area contributed by atoms with E-state index in [-0.39, 0.29) is 5.91 Å². The van der Waals surface area contributed by atoms with Crippen molar-refractivity contribution in [3.8, 4) is 22.9 Å². The maximum atomic E-state index is 12.6. The molecule has 1 aromatic heterocycles. The Morgan fingerprint density at radius 2 is 1.73 bits per heavy atom. The molecule has 0 bridgehead atoms. The van der Waals surface area contributed by atoms with Gasteiger partial charge in [-0.3, -0.25) is 14.6 Å². The SMILES string of the molecule is COc1ccc(NC(=O)CN2CCN(CCn3ccnc3-c3ccccc3)CC2)c(OC)c1. The second-order valence-corrected chi connectivity index (χ2v) is 8.04. The van der Waals surface area contributed by atoms with Crippen molar-refractivity contribution in [1.29, 1.82) is 0 Å². The lowest BCUT2D eigenvalue weighted by atomic mass is 10.2. The number of amides is 1. The number of nitrogens with one attached hydrogen (secondary N) is 1. The normalized spacial score (nSPS) is 14.7. The van der Waals surface area contributed by atoms with E-state index in [0.29, 0.717) is 23.7 Å². The molecule has 8 nitrogen and oxygen atoms in total. The lowest BCUT2D eigenvalue weighted by molar-refractivity contribution is -0.117. The van der Waals surface area contributed by atoms with Crippen LogP contribution in [0, 0.1) is 0 Å². The number of carbonyl (C=O) groups is 1. The number of ether oxygens (including phenoxy) is 2. The molecule has 1 N–H and O–H groups in total. The predicted octanol–water partition coefficient (Wildman–Crippen LogP) is 2.82. The van der Waals surface area contributed by atoms with Crippen molar-refractivity contribution in [3.05, 3.63) is 60.9 Å². The zero-order valence-electron chi connectivity index (χ0n) is 19.2. The second kappa shape index (κ2) is 11.0. The van der Waals surface area contributed by atoms with Crippen molar-refractivity contribution in [1.82, 2.24) is 19.4 Å². The molecular formula is C25H31N5O3. The van der Waals surface area contributed by atoms with Gasteiger partial charge in [-0.2, -0.15) is 0 Å². The minimum Gasteiger partial charge on any atom is -0.497 e. The first-order chi connectivity index (χ1) is 16.2. The highest BCUT2D eigenvalue weighted by Gasteiger charge is 2.20. The standard InChI is InChI=1S/C25H31N5O3/c1-32-21-8-9-22(23(18-21)33-2)27-24(31)19-29-14-12-28(13-15-29)16-17-30-11-10-26-25(30)20-6-4-3-5-7-20/h3-11,18H,12-17,19H2,1-2H3,(H,27,31). The monoisotopic (exact) mass is 449 g/mol. The molecule has 3 aromatic rings. The third kappa shape index (κ3) is 5.91. The van der Waals surface area contributed by atoms with Crippen molar-refractivity contribution in [2.45, 2.75) is 6.54 Å². The number of hydrogen-bond donors (Lipinski definition) is 1. The number of anilines is 1. The van der Waals surface area contributed by atoms with Crippen LogP contribution in [0.3, 0.4) is 0 Å². The van der Waals surface area contributed by atoms with E-state index in [4.69, 9.17) is 9.47 Å². The van der Waals surface area contributed by atoms with Gasteiger partial charge >= 0.3 is 0 Å². The first-order valence-electron chi connectivity index (χ1n) is 11.2. The molecule has 174 valence electrons. The summed E-state index contributed by atoms with van der Waals surface area (Å²) >= 11 is 0. The van der Waals surface area contributed by atoms with Crippen molar-refractivity contribution < 1.29 is 14.3 Å². The highest BCUT2D eigenvalue weighted by atomic mass is 16.5. The van der Waals surface area contributed by atoms with E-state index in [2.05, 4.69) is 36.8 Å². The van der Waals surface area contributed by atoms with Crippen molar-refractivity contribution in [2.75, 3.05) is 58.8 Å². The van der Waals surface area contributed by atoms with Gasteiger partial charge in [-0.15, -0.1) is 0 Å². The molecule has 1 aliphatic heterocycles. The van der Waals surface area contributed by atoms with Crippen LogP contribution < -0.4 is 14.8 Å². The van der Waals surface area contributed by atoms with Crippen LogP contribution in [0.15, 0.2) is 60.9 Å². The van der Waals surface area contributed by atoms with E-state index < -0.39 is 0 Å². The number of benzene rings is 2. The van der Waals surface area contributed by atoms with Gasteiger partial charge in [0.2, 0.25) is 5.91 Å². The average molecular weight is 450 g/mol. The minimum atomic E-state index is -0.0437. The Morgan fingerprint density at radius 1 is 0.970 bits per heavy atom. The van der Waals surface area contributed by atoms with E-state index in [9.17, 15) is 4.79 Å². The number of rotatable bonds is 9. The number of piperazine rings is 1. The van der Waals surface area contributed by atoms with Crippen LogP contribution in [0.4, 0.5) is 5.69 Å². The molecule has 0 atom stereocenters. The molecule has 0 radical (unpaired) electrons. The molecule has 0 unspecified atom stereocenters. The van der Waals surface area contributed by atoms with Crippen LogP contribution in [0.25, 0.3) is 11.4 Å². The van der Waals surface area contributed by atoms with Crippen LogP contribution >= 0.6 is 0 Å². The topological polar surface area (TPSA) is 71.9 Å². The minimum absolute atomic E-state index is 0.0437. The zero-order valence-corrected chi connectivity index (χ0v) is 19.2. The zero-order chi connectivity index (χ0) is 23.0. The lowest BCUT2D eigenvalue weighted by Crippen LogP contribution is -2.49. The Kier molecular flexibility index (Phi) is 7.59. The first-order valence-corrected chi connectivity index (χ1v) is 11.2. The van der Waals surface area contributed by atoms with Gasteiger partial charge in [0.1, 0.15) is 17.3 Å². The Morgan fingerprint density at radius 3 is 2.45 bits per heavy atom. The quantitative estimate of drug-likeness (QED) is 0.542. The van der Waals surface area contributed by atoms with E-state index in [1.807, 2.05) is 30.6 Å². The molecule has 4 rings (SSSR count). The molecular weight excluding hydrogens is 418 g/mol. The summed E-state index contributed by atoms with van der Waals surface area (Å²) in [6, 6.07) is 15.6. The molecule has 0 spiro atoms. The molecule has 0 aliphatic carbocycles. The van der Waals surface area contributed by atoms with Crippen LogP contribution in [-0.2, 0) is 11.3 Å². The summed E-state index contributed by atoms with van der Waals surface area (Å²) in [5, 5.41) is 2.95. The van der Waals surface area contributed by atoms with Crippen LogP contribution in [0.5, 0.6) is 11.5 Å². The fourth-order valence-corrected chi connectivity index (χ4v) is 4.05. The van der Waals surface area contributed by atoms with Gasteiger partial charge in [0, 0.05) is 63.3 Å². The summed E-state index contributed by atoms with van der Waals surface area (Å²) in [6.45, 7) is 5.82. The van der Waals surface area contributed by atoms with Crippen LogP contribution in [0.1, 0.15) is 0 Å². The van der Waals surface area contributed by atoms with Gasteiger partial charge in [-0.25, -0.2) is 4.98 Å². The molecule has 1 amide bonds. The Labute approximate surface area is 194 Å². The van der Waals surface area contributed by atoms with E-state index in [0.717, 1.165) is 50.7 Å². The van der Waals surface area contributed by atoms with Gasteiger partial charge in [0.05, 0.1) is 26.5 Å². The van der Waals surface area contributed by atoms with E-state index in [1.165, 1.54) is 0 Å². The van der Waals surface area contributed by atoms with Gasteiger partial charge in [-0.1, -0.05) is 30.3 Å². The van der Waals surface area contributed by atoms with Gasteiger partial charge in [0.15, 0.2) is 0 Å². The van der Waals surface area contributed by atoms with Gasteiger partial charge in [-0.05, 0) is 12.1 Å². The smallest absolute Gasteiger partial charge is 0.238 e. The largest absolute Gasteiger partial charge is 0.497 e. The molecule has 2 heterocycles. The average Bonchev–Trinajstić information content (AvgIpc) is 3.33. The Bertz CT molecular complexity index is 1050. The third-order valence-electron chi connectivity index (χ3n) is 5.92. The number of carbonyl (C=O) groups excluding carboxylic acids is 1. The maximum absolute atomic E-state index is 12.6. The van der Waals surface area contributed by atoms with Crippen LogP contribution in [0.2, 0.25) is 0 Å². The molecule has 0 saturated carbocycles. The summed E-state index contributed by atoms with van der Waals surface area (Å²) in [5.41, 5.74) is 1.78. The molecule has 8 heteroatoms. The number of aromatic nitrogens is 2. The second-order valence-electron chi connectivity index (χ2n) is 8.04. The Balaban J connectivity index is 1.23. The molecule has 1 saturated heterocycles. The van der Waals surface area contributed by atoms with Gasteiger partial charge < -0.3 is 19.4 Å². The summed E-state index contributed by atoms with van der Waals surface area (Å²) in [7, 11) is 3.18. The fraction of sp³-hybridized carbons (Fsp3) is 0.360. The molecule has 1 fully saturated rings. The first kappa shape index (κ1) is 22.8. The predicted molar refractivity (Wildman–Crippen MR) is 129 cm³/mol. The number of imidazole rings is 1. The summed E-state index contributed by atoms with van der Waals surface area (Å²) < 4.78 is 12.8. The number of hydrogen-bond acceptors (Lipinski definition) is 6. The fourth-order valence-electron chi connectivity index (χ4n) is 4.05. The summed E-state index contributed by atoms with van der Waals surface area (Å²) in [4.78, 5) is 21.7. The molecule has 33 heavy (non-hydrogen) atoms. The third-order valence-corrected chi connectivity index (χ3v) is 5.92. The maximum Gasteiger partial charge on any atom is 0.238 e. The van der Waals surface area contributed by atoms with E-state index in [1.54, 1.807) is 32.4 Å². The van der Waals surface area contributed by atoms with E-state index >= 15 is 0 Å². The number of nitrogens with zero attached hydrogens (tertiary/aromatic N) is 4. The van der Waals surface area contributed by atoms with Crippen molar-refractivity contribution in [2.24, 2.45) is 0 Å². The highest BCUT2D eigenvalue weighted by Crippen LogP contribution is 2.29. The lowest BCUT2D eigenvalue weighted by Gasteiger charge is -2.34. The van der Waals surface area contributed by atoms with Gasteiger partial charge in [0.25, 0.3) is 0 Å². The Hall–Kier alpha value is -3.36. The van der Waals surface area contributed by atoms with Crippen LogP contribution in [-0.4, -0.2) is 78.7 Å². The summed E-state index contributed by atoms with van der Waals surface area (Å²) in [6.07, 6.45) is 3.90.